The van der Waals surface area contributed by atoms with Crippen molar-refractivity contribution in [3.8, 4) is 6.07 Å². The van der Waals surface area contributed by atoms with E-state index in [9.17, 15) is 5.26 Å². The molecule has 0 amide bonds. The number of anilines is 2. The molecule has 2 aromatic rings. The Morgan fingerprint density at radius 1 is 1.17 bits per heavy atom. The summed E-state index contributed by atoms with van der Waals surface area (Å²) < 4.78 is 0.978. The maximum Gasteiger partial charge on any atom is 0.101 e. The zero-order valence-corrected chi connectivity index (χ0v) is 11.7. The molecule has 0 heterocycles. The van der Waals surface area contributed by atoms with Crippen LogP contribution in [0.5, 0.6) is 0 Å². The summed E-state index contributed by atoms with van der Waals surface area (Å²) in [6.45, 7) is 2.89. The van der Waals surface area contributed by atoms with Crippen molar-refractivity contribution >= 4 is 27.3 Å². The highest BCUT2D eigenvalue weighted by atomic mass is 79.9. The van der Waals surface area contributed by atoms with Gasteiger partial charge in [0.2, 0.25) is 0 Å². The van der Waals surface area contributed by atoms with Gasteiger partial charge in [-0.1, -0.05) is 34.1 Å². The van der Waals surface area contributed by atoms with Crippen molar-refractivity contribution in [1.29, 1.82) is 5.26 Å². The molecule has 0 N–H and O–H groups in total. The zero-order valence-electron chi connectivity index (χ0n) is 10.1. The molecule has 0 aliphatic carbocycles. The maximum atomic E-state index is 9.21. The Kier molecular flexibility index (Phi) is 4.01. The lowest BCUT2D eigenvalue weighted by molar-refractivity contribution is 1.02. The largest absolute Gasteiger partial charge is 0.341 e. The molecule has 3 heteroatoms. The smallest absolute Gasteiger partial charge is 0.101 e. The molecule has 0 aliphatic rings. The highest BCUT2D eigenvalue weighted by Gasteiger charge is 2.11. The van der Waals surface area contributed by atoms with E-state index in [4.69, 9.17) is 0 Å². The summed E-state index contributed by atoms with van der Waals surface area (Å²) in [7, 11) is 0. The van der Waals surface area contributed by atoms with Crippen LogP contribution in [0.2, 0.25) is 0 Å². The van der Waals surface area contributed by atoms with Crippen molar-refractivity contribution in [2.24, 2.45) is 0 Å². The standard InChI is InChI=1S/C15H13BrN2/c1-2-18(14-6-4-3-5-7-14)15-10-13(16)9-8-12(15)11-17/h3-10H,2H2,1H3. The van der Waals surface area contributed by atoms with E-state index in [1.807, 2.05) is 48.5 Å². The first-order valence-corrected chi connectivity index (χ1v) is 6.57. The minimum Gasteiger partial charge on any atom is -0.341 e. The number of para-hydroxylation sites is 1. The van der Waals surface area contributed by atoms with Gasteiger partial charge in [0.05, 0.1) is 11.3 Å². The fourth-order valence-electron chi connectivity index (χ4n) is 1.92. The van der Waals surface area contributed by atoms with Gasteiger partial charge in [-0.15, -0.1) is 0 Å². The van der Waals surface area contributed by atoms with Crippen molar-refractivity contribution in [3.05, 3.63) is 58.6 Å². The van der Waals surface area contributed by atoms with Crippen molar-refractivity contribution in [2.45, 2.75) is 6.92 Å². The van der Waals surface area contributed by atoms with Crippen molar-refractivity contribution in [2.75, 3.05) is 11.4 Å². The summed E-state index contributed by atoms with van der Waals surface area (Å²) in [4.78, 5) is 2.13. The topological polar surface area (TPSA) is 27.0 Å². The average molecular weight is 301 g/mol. The van der Waals surface area contributed by atoms with Crippen molar-refractivity contribution in [3.63, 3.8) is 0 Å². The number of hydrogen-bond acceptors (Lipinski definition) is 2. The molecule has 0 radical (unpaired) electrons. The Labute approximate surface area is 116 Å². The lowest BCUT2D eigenvalue weighted by Gasteiger charge is -2.24. The molecule has 0 saturated heterocycles. The highest BCUT2D eigenvalue weighted by Crippen LogP contribution is 2.30. The molecule has 2 nitrogen and oxygen atoms in total. The van der Waals surface area contributed by atoms with E-state index < -0.39 is 0 Å². The number of hydrogen-bond donors (Lipinski definition) is 0. The first kappa shape index (κ1) is 12.7. The van der Waals surface area contributed by atoms with E-state index in [0.29, 0.717) is 5.56 Å². The van der Waals surface area contributed by atoms with Crippen LogP contribution >= 0.6 is 15.9 Å². The average Bonchev–Trinajstić information content (AvgIpc) is 2.41. The molecule has 90 valence electrons. The molecule has 18 heavy (non-hydrogen) atoms. The van der Waals surface area contributed by atoms with Crippen LogP contribution in [-0.2, 0) is 0 Å². The first-order chi connectivity index (χ1) is 8.76. The summed E-state index contributed by atoms with van der Waals surface area (Å²) in [6.07, 6.45) is 0. The Hall–Kier alpha value is -1.79. The summed E-state index contributed by atoms with van der Waals surface area (Å²) in [5, 5.41) is 9.21. The third-order valence-corrected chi connectivity index (χ3v) is 3.25. The Bertz CT molecular complexity index is 573. The van der Waals surface area contributed by atoms with Gasteiger partial charge in [-0.25, -0.2) is 0 Å². The third-order valence-electron chi connectivity index (χ3n) is 2.76. The van der Waals surface area contributed by atoms with E-state index in [1.54, 1.807) is 0 Å². The maximum absolute atomic E-state index is 9.21. The summed E-state index contributed by atoms with van der Waals surface area (Å²) in [5.74, 6) is 0. The van der Waals surface area contributed by atoms with Gasteiger partial charge in [-0.2, -0.15) is 5.26 Å². The lowest BCUT2D eigenvalue weighted by atomic mass is 10.1. The van der Waals surface area contributed by atoms with Crippen LogP contribution in [0.1, 0.15) is 12.5 Å². The van der Waals surface area contributed by atoms with E-state index in [-0.39, 0.29) is 0 Å². The number of rotatable bonds is 3. The fourth-order valence-corrected chi connectivity index (χ4v) is 2.27. The molecule has 0 spiro atoms. The van der Waals surface area contributed by atoms with E-state index in [0.717, 1.165) is 22.4 Å². The second-order valence-corrected chi connectivity index (χ2v) is 4.77. The van der Waals surface area contributed by atoms with Crippen molar-refractivity contribution < 1.29 is 0 Å². The number of halogens is 1. The molecule has 0 fully saturated rings. The first-order valence-electron chi connectivity index (χ1n) is 5.78. The molecule has 0 unspecified atom stereocenters. The summed E-state index contributed by atoms with van der Waals surface area (Å²) >= 11 is 3.46. The summed E-state index contributed by atoms with van der Waals surface area (Å²) in [5.41, 5.74) is 2.71. The van der Waals surface area contributed by atoms with E-state index in [2.05, 4.69) is 33.8 Å². The molecule has 2 rings (SSSR count). The third kappa shape index (κ3) is 2.55. The van der Waals surface area contributed by atoms with Gasteiger partial charge in [0, 0.05) is 16.7 Å². The van der Waals surface area contributed by atoms with Gasteiger partial charge in [0.25, 0.3) is 0 Å². The van der Waals surface area contributed by atoms with Crippen LogP contribution in [-0.4, -0.2) is 6.54 Å². The van der Waals surface area contributed by atoms with E-state index in [1.165, 1.54) is 0 Å². The highest BCUT2D eigenvalue weighted by molar-refractivity contribution is 9.10. The Morgan fingerprint density at radius 3 is 2.50 bits per heavy atom. The Balaban J connectivity index is 2.52. The minimum absolute atomic E-state index is 0.684. The van der Waals surface area contributed by atoms with Crippen LogP contribution in [0.25, 0.3) is 0 Å². The molecule has 0 saturated carbocycles. The van der Waals surface area contributed by atoms with E-state index >= 15 is 0 Å². The van der Waals surface area contributed by atoms with Crippen LogP contribution < -0.4 is 4.90 Å². The van der Waals surface area contributed by atoms with Crippen LogP contribution in [0.15, 0.2) is 53.0 Å². The molecular formula is C15H13BrN2. The Morgan fingerprint density at radius 2 is 1.89 bits per heavy atom. The minimum atomic E-state index is 0.684. The lowest BCUT2D eigenvalue weighted by Crippen LogP contribution is -2.17. The fraction of sp³-hybridized carbons (Fsp3) is 0.133. The number of nitrogens with zero attached hydrogens (tertiary/aromatic N) is 2. The zero-order chi connectivity index (χ0) is 13.0. The summed E-state index contributed by atoms with van der Waals surface area (Å²) in [6, 6.07) is 18.0. The van der Waals surface area contributed by atoms with Gasteiger partial charge in [0.15, 0.2) is 0 Å². The van der Waals surface area contributed by atoms with Crippen molar-refractivity contribution in [1.82, 2.24) is 0 Å². The van der Waals surface area contributed by atoms with Gasteiger partial charge >= 0.3 is 0 Å². The van der Waals surface area contributed by atoms with Gasteiger partial charge in [-0.05, 0) is 37.3 Å². The second-order valence-electron chi connectivity index (χ2n) is 3.85. The number of benzene rings is 2. The monoisotopic (exact) mass is 300 g/mol. The van der Waals surface area contributed by atoms with Gasteiger partial charge < -0.3 is 4.90 Å². The molecule has 0 aromatic heterocycles. The van der Waals surface area contributed by atoms with Gasteiger partial charge in [-0.3, -0.25) is 0 Å². The molecule has 2 aromatic carbocycles. The SMILES string of the molecule is CCN(c1ccccc1)c1cc(Br)ccc1C#N. The van der Waals surface area contributed by atoms with Crippen LogP contribution in [0, 0.1) is 11.3 Å². The van der Waals surface area contributed by atoms with Gasteiger partial charge in [0.1, 0.15) is 6.07 Å². The predicted molar refractivity (Wildman–Crippen MR) is 78.0 cm³/mol. The molecular weight excluding hydrogens is 288 g/mol. The second kappa shape index (κ2) is 5.70. The number of nitriles is 1. The molecule has 0 bridgehead atoms. The van der Waals surface area contributed by atoms with Crippen LogP contribution in [0.3, 0.4) is 0 Å². The van der Waals surface area contributed by atoms with Crippen LogP contribution in [0.4, 0.5) is 11.4 Å². The molecule has 0 atom stereocenters. The predicted octanol–water partition coefficient (Wildman–Crippen LogP) is 4.48. The quantitative estimate of drug-likeness (QED) is 0.836. The molecule has 0 aliphatic heterocycles. The normalized spacial score (nSPS) is 9.83.